The molecule has 4 aromatic rings. The Balaban J connectivity index is 1.29. The Morgan fingerprint density at radius 2 is 1.93 bits per heavy atom. The molecule has 1 fully saturated rings. The van der Waals surface area contributed by atoms with Crippen molar-refractivity contribution in [2.24, 2.45) is 0 Å². The topological polar surface area (TPSA) is 110 Å². The molecule has 0 atom stereocenters. The summed E-state index contributed by atoms with van der Waals surface area (Å²) in [6, 6.07) is 18.5. The number of hydrogen-bond acceptors (Lipinski definition) is 6. The number of nitrogens with zero attached hydrogens (tertiary/aromatic N) is 5. The lowest BCUT2D eigenvalue weighted by molar-refractivity contribution is -0.121. The van der Waals surface area contributed by atoms with E-state index in [1.54, 1.807) is 4.68 Å². The normalized spacial score (nSPS) is 14.4. The summed E-state index contributed by atoms with van der Waals surface area (Å²) in [6.07, 6.45) is 3.13. The van der Waals surface area contributed by atoms with Crippen molar-refractivity contribution in [3.05, 3.63) is 66.5 Å². The average Bonchev–Trinajstić information content (AvgIpc) is 3.22. The molecule has 0 unspecified atom stereocenters. The van der Waals surface area contributed by atoms with Crippen LogP contribution in [0.5, 0.6) is 0 Å². The molecule has 0 spiro atoms. The molecule has 2 heterocycles. The molecule has 1 N–H and O–H groups in total. The Labute approximate surface area is 172 Å². The Morgan fingerprint density at radius 3 is 2.70 bits per heavy atom. The number of amides is 1. The minimum absolute atomic E-state index is 0.0449. The van der Waals surface area contributed by atoms with Crippen molar-refractivity contribution in [2.75, 3.05) is 0 Å². The van der Waals surface area contributed by atoms with E-state index in [0.717, 1.165) is 22.0 Å². The molecule has 2 aromatic heterocycles. The highest BCUT2D eigenvalue weighted by Crippen LogP contribution is 2.34. The predicted octanol–water partition coefficient (Wildman–Crippen LogP) is 2.85. The minimum atomic E-state index is -0.702. The molecular weight excluding hydrogens is 380 g/mol. The van der Waals surface area contributed by atoms with Gasteiger partial charge in [0.1, 0.15) is 18.5 Å². The minimum Gasteiger partial charge on any atom is -0.423 e. The molecular formula is C22H18N6O2. The van der Waals surface area contributed by atoms with Crippen LogP contribution in [-0.2, 0) is 17.8 Å². The lowest BCUT2D eigenvalue weighted by Gasteiger charge is -2.06. The third-order valence-corrected chi connectivity index (χ3v) is 5.20. The molecule has 5 rings (SSSR count). The van der Waals surface area contributed by atoms with E-state index >= 15 is 0 Å². The second kappa shape index (κ2) is 7.12. The molecule has 0 aliphatic heterocycles. The summed E-state index contributed by atoms with van der Waals surface area (Å²) in [7, 11) is 0. The van der Waals surface area contributed by atoms with E-state index in [1.165, 1.54) is 0 Å². The first-order valence-electron chi connectivity index (χ1n) is 9.69. The van der Waals surface area contributed by atoms with Crippen molar-refractivity contribution in [3.8, 4) is 17.2 Å². The smallest absolute Gasteiger partial charge is 0.237 e. The fraction of sp³-hybridized carbons (Fsp3) is 0.227. The lowest BCUT2D eigenvalue weighted by Crippen LogP contribution is -2.36. The van der Waals surface area contributed by atoms with Gasteiger partial charge >= 0.3 is 0 Å². The summed E-state index contributed by atoms with van der Waals surface area (Å²) < 4.78 is 7.40. The molecule has 148 valence electrons. The first-order chi connectivity index (χ1) is 14.6. The summed E-state index contributed by atoms with van der Waals surface area (Å²) in [5.41, 5.74) is 2.53. The highest BCUT2D eigenvalue weighted by Gasteiger charge is 2.44. The van der Waals surface area contributed by atoms with Gasteiger partial charge in [-0.25, -0.2) is 0 Å². The molecule has 30 heavy (non-hydrogen) atoms. The molecule has 1 aliphatic carbocycles. The maximum Gasteiger partial charge on any atom is 0.237 e. The van der Waals surface area contributed by atoms with E-state index in [-0.39, 0.29) is 18.2 Å². The van der Waals surface area contributed by atoms with Gasteiger partial charge in [0.2, 0.25) is 17.7 Å². The molecule has 1 saturated carbocycles. The van der Waals surface area contributed by atoms with Gasteiger partial charge in [0.25, 0.3) is 0 Å². The number of hydrogen-bond donors (Lipinski definition) is 1. The fourth-order valence-electron chi connectivity index (χ4n) is 3.41. The van der Waals surface area contributed by atoms with Crippen LogP contribution in [-0.4, -0.2) is 31.4 Å². The van der Waals surface area contributed by atoms with Gasteiger partial charge < -0.3 is 9.73 Å². The van der Waals surface area contributed by atoms with Gasteiger partial charge in [-0.2, -0.15) is 10.4 Å². The number of carbonyl (C=O) groups excluding carboxylic acids is 1. The maximum absolute atomic E-state index is 12.1. The fourth-order valence-corrected chi connectivity index (χ4v) is 3.41. The van der Waals surface area contributed by atoms with Crippen LogP contribution in [0.2, 0.25) is 0 Å². The van der Waals surface area contributed by atoms with Crippen molar-refractivity contribution in [2.45, 2.75) is 31.3 Å². The van der Waals surface area contributed by atoms with Crippen LogP contribution in [0.4, 0.5) is 0 Å². The van der Waals surface area contributed by atoms with Crippen LogP contribution in [0.3, 0.4) is 0 Å². The Hall–Kier alpha value is -3.99. The quantitative estimate of drug-likeness (QED) is 0.535. The Bertz CT molecular complexity index is 1260. The van der Waals surface area contributed by atoms with E-state index in [2.05, 4.69) is 50.9 Å². The number of nitriles is 1. The molecule has 2 aromatic carbocycles. The number of aromatic nitrogens is 4. The Kier molecular flexibility index (Phi) is 4.29. The maximum atomic E-state index is 12.1. The highest BCUT2D eigenvalue weighted by molar-refractivity contribution is 5.84. The first kappa shape index (κ1) is 18.1. The van der Waals surface area contributed by atoms with Crippen LogP contribution in [0.25, 0.3) is 22.0 Å². The number of benzene rings is 2. The zero-order chi connectivity index (χ0) is 20.6. The van der Waals surface area contributed by atoms with Crippen LogP contribution in [0, 0.1) is 11.3 Å². The van der Waals surface area contributed by atoms with Crippen molar-refractivity contribution in [1.29, 1.82) is 5.26 Å². The van der Waals surface area contributed by atoms with Gasteiger partial charge in [0.05, 0.1) is 17.8 Å². The van der Waals surface area contributed by atoms with Crippen LogP contribution < -0.4 is 5.32 Å². The zero-order valence-corrected chi connectivity index (χ0v) is 16.1. The molecule has 8 nitrogen and oxygen atoms in total. The summed E-state index contributed by atoms with van der Waals surface area (Å²) in [5, 5.41) is 25.2. The SMILES string of the molecule is N#CC1(NC(=O)Cc2nnc(Cn3ncc4cc(-c5ccccc5)ccc43)o2)CC1. The zero-order valence-electron chi connectivity index (χ0n) is 16.1. The van der Waals surface area contributed by atoms with Crippen molar-refractivity contribution in [1.82, 2.24) is 25.3 Å². The van der Waals surface area contributed by atoms with Gasteiger partial charge in [-0.3, -0.25) is 9.48 Å². The van der Waals surface area contributed by atoms with Gasteiger partial charge in [0.15, 0.2) is 0 Å². The summed E-state index contributed by atoms with van der Waals surface area (Å²) >= 11 is 0. The van der Waals surface area contributed by atoms with E-state index in [1.807, 2.05) is 30.5 Å². The van der Waals surface area contributed by atoms with Crippen molar-refractivity contribution < 1.29 is 9.21 Å². The van der Waals surface area contributed by atoms with Crippen molar-refractivity contribution >= 4 is 16.8 Å². The van der Waals surface area contributed by atoms with E-state index in [0.29, 0.717) is 25.3 Å². The lowest BCUT2D eigenvalue weighted by atomic mass is 10.0. The summed E-state index contributed by atoms with van der Waals surface area (Å²) in [6.45, 7) is 0.310. The average molecular weight is 398 g/mol. The third-order valence-electron chi connectivity index (χ3n) is 5.20. The number of rotatable bonds is 6. The van der Waals surface area contributed by atoms with Gasteiger partial charge in [-0.05, 0) is 36.1 Å². The highest BCUT2D eigenvalue weighted by atomic mass is 16.4. The molecule has 8 heteroatoms. The van der Waals surface area contributed by atoms with Gasteiger partial charge in [0, 0.05) is 5.39 Å². The third kappa shape index (κ3) is 3.53. The molecule has 1 amide bonds. The number of fused-ring (bicyclic) bond motifs is 1. The van der Waals surface area contributed by atoms with Crippen molar-refractivity contribution in [3.63, 3.8) is 0 Å². The van der Waals surface area contributed by atoms with Crippen LogP contribution in [0.15, 0.2) is 59.1 Å². The molecule has 0 saturated heterocycles. The van der Waals surface area contributed by atoms with E-state index in [4.69, 9.17) is 9.68 Å². The number of carbonyl (C=O) groups is 1. The monoisotopic (exact) mass is 398 g/mol. The van der Waals surface area contributed by atoms with Crippen LogP contribution >= 0.6 is 0 Å². The predicted molar refractivity (Wildman–Crippen MR) is 108 cm³/mol. The van der Waals surface area contributed by atoms with Gasteiger partial charge in [-0.15, -0.1) is 10.2 Å². The van der Waals surface area contributed by atoms with Crippen LogP contribution in [0.1, 0.15) is 24.6 Å². The molecule has 0 radical (unpaired) electrons. The van der Waals surface area contributed by atoms with E-state index in [9.17, 15) is 4.79 Å². The molecule has 0 bridgehead atoms. The van der Waals surface area contributed by atoms with Gasteiger partial charge in [-0.1, -0.05) is 36.4 Å². The largest absolute Gasteiger partial charge is 0.423 e. The standard InChI is InChI=1S/C22H18N6O2/c23-14-22(8-9-22)25-19(29)11-20-26-27-21(30-20)13-28-18-7-6-16(10-17(18)12-24-28)15-4-2-1-3-5-15/h1-7,10,12H,8-9,11,13H2,(H,25,29). The number of nitrogens with one attached hydrogen (secondary N) is 1. The summed E-state index contributed by atoms with van der Waals surface area (Å²) in [4.78, 5) is 12.1. The second-order valence-electron chi connectivity index (χ2n) is 7.45. The summed E-state index contributed by atoms with van der Waals surface area (Å²) in [5.74, 6) is 0.303. The van der Waals surface area contributed by atoms with E-state index < -0.39 is 5.54 Å². The molecule has 1 aliphatic rings. The first-order valence-corrected chi connectivity index (χ1v) is 9.69. The second-order valence-corrected chi connectivity index (χ2v) is 7.45. The Morgan fingerprint density at radius 1 is 1.13 bits per heavy atom.